The third kappa shape index (κ3) is 4.23. The monoisotopic (exact) mass is 307 g/mol. The fourth-order valence-electron chi connectivity index (χ4n) is 2.99. The van der Waals surface area contributed by atoms with Gasteiger partial charge in [0.05, 0.1) is 6.61 Å². The summed E-state index contributed by atoms with van der Waals surface area (Å²) < 4.78 is 5.77. The van der Waals surface area contributed by atoms with Gasteiger partial charge >= 0.3 is 0 Å². The van der Waals surface area contributed by atoms with E-state index in [1.54, 1.807) is 0 Å². The van der Waals surface area contributed by atoms with Crippen molar-refractivity contribution >= 4 is 6.08 Å². The zero-order chi connectivity index (χ0) is 16.1. The van der Waals surface area contributed by atoms with E-state index in [4.69, 9.17) is 4.74 Å². The van der Waals surface area contributed by atoms with Gasteiger partial charge in [0, 0.05) is 13.1 Å². The molecule has 0 spiro atoms. The van der Waals surface area contributed by atoms with Crippen molar-refractivity contribution in [2.45, 2.75) is 26.3 Å². The predicted octanol–water partition coefficient (Wildman–Crippen LogP) is 4.47. The number of ether oxygens (including phenoxy) is 1. The van der Waals surface area contributed by atoms with E-state index in [2.05, 4.69) is 73.5 Å². The van der Waals surface area contributed by atoms with Gasteiger partial charge in [0.2, 0.25) is 0 Å². The molecule has 0 bridgehead atoms. The van der Waals surface area contributed by atoms with Crippen LogP contribution >= 0.6 is 0 Å². The minimum atomic E-state index is 0.853. The first-order valence-corrected chi connectivity index (χ1v) is 8.38. The Hall–Kier alpha value is -2.06. The van der Waals surface area contributed by atoms with Gasteiger partial charge in [0.25, 0.3) is 0 Å². The van der Waals surface area contributed by atoms with Crippen molar-refractivity contribution in [3.05, 3.63) is 70.8 Å². The third-order valence-corrected chi connectivity index (χ3v) is 4.34. The third-order valence-electron chi connectivity index (χ3n) is 4.34. The van der Waals surface area contributed by atoms with Crippen molar-refractivity contribution in [3.8, 4) is 5.75 Å². The average molecular weight is 307 g/mol. The van der Waals surface area contributed by atoms with E-state index in [9.17, 15) is 0 Å². The van der Waals surface area contributed by atoms with E-state index < -0.39 is 0 Å². The lowest BCUT2D eigenvalue weighted by Gasteiger charge is -2.20. The zero-order valence-corrected chi connectivity index (χ0v) is 14.1. The SMILES string of the molecule is Cc1ccccc1C=CCN(C)Cc1ccc2c(c1)OCCC2. The molecule has 0 unspecified atom stereocenters. The molecule has 1 heterocycles. The van der Waals surface area contributed by atoms with Crippen LogP contribution in [0, 0.1) is 6.92 Å². The van der Waals surface area contributed by atoms with Gasteiger partial charge < -0.3 is 4.74 Å². The summed E-state index contributed by atoms with van der Waals surface area (Å²) >= 11 is 0. The Balaban J connectivity index is 1.57. The number of likely N-dealkylation sites (N-methyl/N-ethyl adjacent to an activating group) is 1. The van der Waals surface area contributed by atoms with E-state index in [0.29, 0.717) is 0 Å². The smallest absolute Gasteiger partial charge is 0.122 e. The molecule has 0 radical (unpaired) electrons. The average Bonchev–Trinajstić information content (AvgIpc) is 2.56. The Morgan fingerprint density at radius 2 is 2.04 bits per heavy atom. The van der Waals surface area contributed by atoms with Crippen LogP contribution in [0.4, 0.5) is 0 Å². The highest BCUT2D eigenvalue weighted by molar-refractivity contribution is 5.53. The molecule has 1 aliphatic heterocycles. The minimum Gasteiger partial charge on any atom is -0.493 e. The molecule has 0 aliphatic carbocycles. The molecule has 2 aromatic carbocycles. The lowest BCUT2D eigenvalue weighted by atomic mass is 10.0. The van der Waals surface area contributed by atoms with Crippen LogP contribution in [0.1, 0.15) is 28.7 Å². The van der Waals surface area contributed by atoms with Crippen molar-refractivity contribution in [2.24, 2.45) is 0 Å². The Morgan fingerprint density at radius 1 is 1.17 bits per heavy atom. The second-order valence-electron chi connectivity index (χ2n) is 6.35. The van der Waals surface area contributed by atoms with Gasteiger partial charge in [0.15, 0.2) is 0 Å². The fraction of sp³-hybridized carbons (Fsp3) is 0.333. The van der Waals surface area contributed by atoms with Gasteiger partial charge in [-0.3, -0.25) is 4.90 Å². The maximum Gasteiger partial charge on any atom is 0.122 e. The summed E-state index contributed by atoms with van der Waals surface area (Å²) in [6.45, 7) is 4.88. The first-order valence-electron chi connectivity index (χ1n) is 8.38. The van der Waals surface area contributed by atoms with Crippen molar-refractivity contribution in [2.75, 3.05) is 20.2 Å². The molecular weight excluding hydrogens is 282 g/mol. The number of benzene rings is 2. The fourth-order valence-corrected chi connectivity index (χ4v) is 2.99. The van der Waals surface area contributed by atoms with Crippen LogP contribution in [0.3, 0.4) is 0 Å². The van der Waals surface area contributed by atoms with Crippen molar-refractivity contribution in [3.63, 3.8) is 0 Å². The van der Waals surface area contributed by atoms with Crippen LogP contribution in [0.2, 0.25) is 0 Å². The van der Waals surface area contributed by atoms with E-state index in [1.807, 2.05) is 0 Å². The summed E-state index contributed by atoms with van der Waals surface area (Å²) in [5, 5.41) is 0. The maximum atomic E-state index is 5.77. The molecule has 0 N–H and O–H groups in total. The number of hydrogen-bond donors (Lipinski definition) is 0. The van der Waals surface area contributed by atoms with Gasteiger partial charge in [-0.05, 0) is 55.1 Å². The first-order chi connectivity index (χ1) is 11.2. The minimum absolute atomic E-state index is 0.853. The number of fused-ring (bicyclic) bond motifs is 1. The largest absolute Gasteiger partial charge is 0.493 e. The van der Waals surface area contributed by atoms with Crippen molar-refractivity contribution < 1.29 is 4.74 Å². The quantitative estimate of drug-likeness (QED) is 0.808. The Labute approximate surface area is 139 Å². The standard InChI is InChI=1S/C21H25NO/c1-17-7-3-4-8-19(17)9-5-13-22(2)16-18-11-12-20-10-6-14-23-21(20)15-18/h3-5,7-9,11-12,15H,6,10,13-14,16H2,1-2H3. The zero-order valence-electron chi connectivity index (χ0n) is 14.1. The summed E-state index contributed by atoms with van der Waals surface area (Å²) in [5.41, 5.74) is 5.28. The molecule has 2 heteroatoms. The summed E-state index contributed by atoms with van der Waals surface area (Å²) in [6.07, 6.45) is 6.72. The Morgan fingerprint density at radius 3 is 2.91 bits per heavy atom. The second kappa shape index (κ2) is 7.47. The Kier molecular flexibility index (Phi) is 5.14. The summed E-state index contributed by atoms with van der Waals surface area (Å²) in [4.78, 5) is 2.32. The molecule has 2 aromatic rings. The van der Waals surface area contributed by atoms with E-state index in [0.717, 1.165) is 38.3 Å². The van der Waals surface area contributed by atoms with Gasteiger partial charge in [-0.25, -0.2) is 0 Å². The Bertz CT molecular complexity index is 690. The molecule has 0 aromatic heterocycles. The van der Waals surface area contributed by atoms with Crippen molar-refractivity contribution in [1.29, 1.82) is 0 Å². The van der Waals surface area contributed by atoms with Gasteiger partial charge in [-0.2, -0.15) is 0 Å². The molecule has 1 aliphatic rings. The highest BCUT2D eigenvalue weighted by Crippen LogP contribution is 2.26. The normalized spacial score (nSPS) is 14.0. The van der Waals surface area contributed by atoms with Crippen LogP contribution in [0.25, 0.3) is 6.08 Å². The van der Waals surface area contributed by atoms with E-state index >= 15 is 0 Å². The molecular formula is C21H25NO. The molecule has 3 rings (SSSR count). The number of rotatable bonds is 5. The highest BCUT2D eigenvalue weighted by Gasteiger charge is 2.11. The van der Waals surface area contributed by atoms with Gasteiger partial charge in [-0.1, -0.05) is 48.6 Å². The maximum absolute atomic E-state index is 5.77. The predicted molar refractivity (Wildman–Crippen MR) is 96.8 cm³/mol. The molecule has 0 atom stereocenters. The van der Waals surface area contributed by atoms with Crippen LogP contribution < -0.4 is 4.74 Å². The lowest BCUT2D eigenvalue weighted by Crippen LogP contribution is -2.18. The van der Waals surface area contributed by atoms with E-state index in [-0.39, 0.29) is 0 Å². The number of nitrogens with zero attached hydrogens (tertiary/aromatic N) is 1. The summed E-state index contributed by atoms with van der Waals surface area (Å²) in [7, 11) is 2.16. The van der Waals surface area contributed by atoms with Crippen LogP contribution in [0.5, 0.6) is 5.75 Å². The number of hydrogen-bond acceptors (Lipinski definition) is 2. The van der Waals surface area contributed by atoms with E-state index in [1.165, 1.54) is 22.3 Å². The number of aryl methyl sites for hydroxylation is 2. The topological polar surface area (TPSA) is 12.5 Å². The van der Waals surface area contributed by atoms with Crippen molar-refractivity contribution in [1.82, 2.24) is 4.90 Å². The molecule has 120 valence electrons. The molecule has 0 saturated heterocycles. The molecule has 0 saturated carbocycles. The second-order valence-corrected chi connectivity index (χ2v) is 6.35. The highest BCUT2D eigenvalue weighted by atomic mass is 16.5. The molecule has 2 nitrogen and oxygen atoms in total. The van der Waals surface area contributed by atoms with Crippen LogP contribution in [-0.4, -0.2) is 25.1 Å². The van der Waals surface area contributed by atoms with Crippen LogP contribution in [0.15, 0.2) is 48.5 Å². The summed E-state index contributed by atoms with van der Waals surface area (Å²) in [5.74, 6) is 1.08. The molecule has 23 heavy (non-hydrogen) atoms. The van der Waals surface area contributed by atoms with Crippen LogP contribution in [-0.2, 0) is 13.0 Å². The first kappa shape index (κ1) is 15.8. The van der Waals surface area contributed by atoms with Gasteiger partial charge in [-0.15, -0.1) is 0 Å². The lowest BCUT2D eigenvalue weighted by molar-refractivity contribution is 0.287. The molecule has 0 amide bonds. The van der Waals surface area contributed by atoms with Gasteiger partial charge in [0.1, 0.15) is 5.75 Å². The molecule has 0 fully saturated rings. The summed E-state index contributed by atoms with van der Waals surface area (Å²) in [6, 6.07) is 15.1.